The average molecular weight is 597 g/mol. The van der Waals surface area contributed by atoms with Crippen LogP contribution in [0.25, 0.3) is 11.0 Å². The van der Waals surface area contributed by atoms with Crippen LogP contribution in [-0.4, -0.2) is 21.8 Å². The topological polar surface area (TPSA) is 97.1 Å². The Morgan fingerprint density at radius 3 is 2.51 bits per heavy atom. The lowest BCUT2D eigenvalue weighted by Gasteiger charge is -2.11. The Hall–Kier alpha value is -4.35. The molecule has 2 N–H and O–H groups in total. The van der Waals surface area contributed by atoms with Crippen molar-refractivity contribution in [3.8, 4) is 0 Å². The Morgan fingerprint density at radius 1 is 0.976 bits per heavy atom. The van der Waals surface area contributed by atoms with Crippen LogP contribution in [0.1, 0.15) is 37.7 Å². The van der Waals surface area contributed by atoms with Gasteiger partial charge in [-0.15, -0.1) is 0 Å². The van der Waals surface area contributed by atoms with E-state index in [4.69, 9.17) is 16.0 Å². The number of rotatable bonds is 7. The van der Waals surface area contributed by atoms with Crippen LogP contribution in [0.2, 0.25) is 5.02 Å². The van der Waals surface area contributed by atoms with E-state index in [1.54, 1.807) is 24.3 Å². The highest BCUT2D eigenvalue weighted by molar-refractivity contribution is 7.98. The van der Waals surface area contributed by atoms with Crippen LogP contribution in [0.3, 0.4) is 0 Å². The summed E-state index contributed by atoms with van der Waals surface area (Å²) in [6, 6.07) is 18.6. The smallest absolute Gasteiger partial charge is 0.416 e. The lowest BCUT2D eigenvalue weighted by molar-refractivity contribution is -0.137. The summed E-state index contributed by atoms with van der Waals surface area (Å²) in [5, 5.41) is 5.76. The van der Waals surface area contributed by atoms with E-state index in [1.165, 1.54) is 30.1 Å². The van der Waals surface area contributed by atoms with Crippen LogP contribution >= 0.6 is 23.4 Å². The minimum Gasteiger partial charge on any atom is -0.449 e. The van der Waals surface area contributed by atoms with E-state index in [1.807, 2.05) is 31.2 Å². The van der Waals surface area contributed by atoms with Gasteiger partial charge in [-0.1, -0.05) is 65.8 Å². The third-order valence-corrected chi connectivity index (χ3v) is 7.23. The molecule has 0 aliphatic rings. The van der Waals surface area contributed by atoms with Crippen molar-refractivity contribution in [3.05, 3.63) is 112 Å². The molecule has 0 bridgehead atoms. The number of aryl methyl sites for hydroxylation is 1. The number of nitrogens with one attached hydrogen (secondary N) is 2. The summed E-state index contributed by atoms with van der Waals surface area (Å²) in [5.41, 5.74) is 1.33. The highest BCUT2D eigenvalue weighted by Gasteiger charge is 2.31. The van der Waals surface area contributed by atoms with Crippen molar-refractivity contribution in [2.24, 2.45) is 0 Å². The fourth-order valence-electron chi connectivity index (χ4n) is 3.96. The molecule has 7 nitrogen and oxygen atoms in total. The van der Waals surface area contributed by atoms with Crippen LogP contribution in [0.15, 0.2) is 88.6 Å². The zero-order valence-corrected chi connectivity index (χ0v) is 22.8. The van der Waals surface area contributed by atoms with Gasteiger partial charge in [-0.3, -0.25) is 9.59 Å². The molecule has 0 spiro atoms. The van der Waals surface area contributed by atoms with Gasteiger partial charge < -0.3 is 15.1 Å². The Bertz CT molecular complexity index is 1770. The number of hydrogen-bond donors (Lipinski definition) is 2. The van der Waals surface area contributed by atoms with Crippen LogP contribution in [0.5, 0.6) is 0 Å². The number of furan rings is 1. The van der Waals surface area contributed by atoms with E-state index in [-0.39, 0.29) is 33.4 Å². The molecule has 208 valence electrons. The van der Waals surface area contributed by atoms with Crippen LogP contribution in [-0.2, 0) is 11.9 Å². The van der Waals surface area contributed by atoms with Crippen molar-refractivity contribution in [1.29, 1.82) is 0 Å². The monoisotopic (exact) mass is 596 g/mol. The van der Waals surface area contributed by atoms with Gasteiger partial charge in [-0.25, -0.2) is 9.97 Å². The van der Waals surface area contributed by atoms with E-state index < -0.39 is 23.6 Å². The molecule has 0 aliphatic heterocycles. The summed E-state index contributed by atoms with van der Waals surface area (Å²) in [6.45, 7) is 1.99. The van der Waals surface area contributed by atoms with Gasteiger partial charge in [-0.2, -0.15) is 13.2 Å². The quantitative estimate of drug-likeness (QED) is 0.146. The number of hydrogen-bond acceptors (Lipinski definition) is 6. The van der Waals surface area contributed by atoms with Crippen molar-refractivity contribution in [3.63, 3.8) is 0 Å². The first-order valence-corrected chi connectivity index (χ1v) is 13.5. The Balaban J connectivity index is 1.41. The predicted molar refractivity (Wildman–Crippen MR) is 151 cm³/mol. The molecule has 41 heavy (non-hydrogen) atoms. The second-order valence-electron chi connectivity index (χ2n) is 8.85. The number of nitrogens with zero attached hydrogens (tertiary/aromatic N) is 2. The number of fused-ring (bicyclic) bond motifs is 1. The first kappa shape index (κ1) is 28.2. The second-order valence-corrected chi connectivity index (χ2v) is 10.2. The molecular weight excluding hydrogens is 577 g/mol. The lowest BCUT2D eigenvalue weighted by atomic mass is 10.1. The molecule has 2 aromatic heterocycles. The molecule has 12 heteroatoms. The first-order chi connectivity index (χ1) is 19.6. The largest absolute Gasteiger partial charge is 0.449 e. The molecule has 0 fully saturated rings. The van der Waals surface area contributed by atoms with Gasteiger partial charge >= 0.3 is 6.18 Å². The zero-order chi connectivity index (χ0) is 29.1. The van der Waals surface area contributed by atoms with E-state index >= 15 is 0 Å². The summed E-state index contributed by atoms with van der Waals surface area (Å²) >= 11 is 7.59. The zero-order valence-electron chi connectivity index (χ0n) is 21.3. The normalized spacial score (nSPS) is 11.4. The summed E-state index contributed by atoms with van der Waals surface area (Å²) in [6.07, 6.45) is -3.27. The maximum absolute atomic E-state index is 13.4. The van der Waals surface area contributed by atoms with E-state index in [9.17, 15) is 22.8 Å². The van der Waals surface area contributed by atoms with Gasteiger partial charge in [0.05, 0.1) is 16.8 Å². The fourth-order valence-corrected chi connectivity index (χ4v) is 5.03. The Morgan fingerprint density at radius 2 is 1.73 bits per heavy atom. The number of thioether (sulfide) groups is 1. The van der Waals surface area contributed by atoms with Gasteiger partial charge in [0.25, 0.3) is 11.8 Å². The summed E-state index contributed by atoms with van der Waals surface area (Å²) in [7, 11) is 0. The molecule has 0 atom stereocenters. The van der Waals surface area contributed by atoms with Crippen molar-refractivity contribution >= 4 is 57.5 Å². The highest BCUT2D eigenvalue weighted by atomic mass is 35.5. The number of aromatic nitrogens is 2. The van der Waals surface area contributed by atoms with Gasteiger partial charge in [0.1, 0.15) is 11.3 Å². The summed E-state index contributed by atoms with van der Waals surface area (Å²) in [5.74, 6) is -1.33. The number of alkyl halides is 3. The third-order valence-electron chi connectivity index (χ3n) is 6.04. The van der Waals surface area contributed by atoms with Crippen molar-refractivity contribution in [2.75, 3.05) is 10.6 Å². The van der Waals surface area contributed by atoms with E-state index in [2.05, 4.69) is 20.6 Å². The number of carbonyl (C=O) groups excluding carboxylic acids is 2. The molecule has 0 unspecified atom stereocenters. The molecule has 5 rings (SSSR count). The number of halogens is 4. The molecule has 0 aliphatic carbocycles. The number of benzene rings is 3. The van der Waals surface area contributed by atoms with Crippen molar-refractivity contribution < 1.29 is 27.2 Å². The Labute approximate surface area is 241 Å². The number of carbonyl (C=O) groups is 2. The SMILES string of the molecule is Cc1ccccc1CSc1ncc(Cl)c(C(=O)Nc2c(C(=O)Nc3cccc(C(F)(F)F)c3)oc3ccccc23)n1. The maximum Gasteiger partial charge on any atom is 0.416 e. The molecule has 5 aromatic rings. The molecule has 2 heterocycles. The van der Waals surface area contributed by atoms with Gasteiger partial charge in [0.15, 0.2) is 10.9 Å². The van der Waals surface area contributed by atoms with E-state index in [0.717, 1.165) is 23.3 Å². The minimum atomic E-state index is -4.59. The summed E-state index contributed by atoms with van der Waals surface area (Å²) in [4.78, 5) is 35.0. The lowest BCUT2D eigenvalue weighted by Crippen LogP contribution is -2.19. The minimum absolute atomic E-state index is 0.00879. The predicted octanol–water partition coefficient (Wildman–Crippen LogP) is 8.00. The standard InChI is InChI=1S/C29H20ClF3N4O3S/c1-16-7-2-3-8-17(16)15-41-28-34-14-21(30)24(37-28)26(38)36-23-20-11-4-5-12-22(20)40-25(23)27(39)35-19-10-6-9-18(13-19)29(31,32)33/h2-14H,15H2,1H3,(H,35,39)(H,36,38). The average Bonchev–Trinajstić information content (AvgIpc) is 3.31. The van der Waals surface area contributed by atoms with Crippen LogP contribution in [0, 0.1) is 6.92 Å². The second kappa shape index (κ2) is 11.6. The van der Waals surface area contributed by atoms with Gasteiger partial charge in [0.2, 0.25) is 5.76 Å². The molecule has 2 amide bonds. The number of amides is 2. The molecule has 0 radical (unpaired) electrons. The molecule has 0 saturated carbocycles. The van der Waals surface area contributed by atoms with Gasteiger partial charge in [0, 0.05) is 16.8 Å². The number of para-hydroxylation sites is 1. The molecule has 0 saturated heterocycles. The Kier molecular flexibility index (Phi) is 8.00. The summed E-state index contributed by atoms with van der Waals surface area (Å²) < 4.78 is 45.1. The third kappa shape index (κ3) is 6.36. The van der Waals surface area contributed by atoms with Gasteiger partial charge in [-0.05, 0) is 48.4 Å². The fraction of sp³-hybridized carbons (Fsp3) is 0.103. The maximum atomic E-state index is 13.4. The van der Waals surface area contributed by atoms with Crippen molar-refractivity contribution in [1.82, 2.24) is 9.97 Å². The van der Waals surface area contributed by atoms with Crippen LogP contribution < -0.4 is 10.6 Å². The first-order valence-electron chi connectivity index (χ1n) is 12.1. The van der Waals surface area contributed by atoms with Crippen LogP contribution in [0.4, 0.5) is 24.5 Å². The van der Waals surface area contributed by atoms with Crippen molar-refractivity contribution in [2.45, 2.75) is 24.0 Å². The molecule has 3 aromatic carbocycles. The molecular formula is C29H20ClF3N4O3S. The van der Waals surface area contributed by atoms with E-state index in [0.29, 0.717) is 16.3 Å². The number of anilines is 2. The highest BCUT2D eigenvalue weighted by Crippen LogP contribution is 2.34.